The molecule has 1 aromatic carbocycles. The van der Waals surface area contributed by atoms with Crippen molar-refractivity contribution in [3.63, 3.8) is 0 Å². The van der Waals surface area contributed by atoms with Gasteiger partial charge in [-0.05, 0) is 52.3 Å². The van der Waals surface area contributed by atoms with Crippen LogP contribution in [0.15, 0.2) is 40.2 Å². The monoisotopic (exact) mass is 352 g/mol. The summed E-state index contributed by atoms with van der Waals surface area (Å²) in [4.78, 5) is 1.02. The molecule has 2 rings (SSSR count). The van der Waals surface area contributed by atoms with Crippen LogP contribution in [0.4, 0.5) is 13.2 Å². The summed E-state index contributed by atoms with van der Waals surface area (Å²) < 4.78 is 46.1. The zero-order valence-corrected chi connectivity index (χ0v) is 11.8. The maximum atomic E-state index is 12.0. The summed E-state index contributed by atoms with van der Waals surface area (Å²) in [6.45, 7) is 0.371. The number of benzene rings is 1. The van der Waals surface area contributed by atoms with Crippen molar-refractivity contribution in [2.75, 3.05) is 0 Å². The number of ether oxygens (including phenoxy) is 2. The van der Waals surface area contributed by atoms with E-state index < -0.39 is 6.36 Å². The van der Waals surface area contributed by atoms with E-state index in [4.69, 9.17) is 4.74 Å². The smallest absolute Gasteiger partial charge is 0.488 e. The molecule has 0 amide bonds. The summed E-state index contributed by atoms with van der Waals surface area (Å²) in [6, 6.07) is 9.12. The summed E-state index contributed by atoms with van der Waals surface area (Å²) >= 11 is 4.87. The van der Waals surface area contributed by atoms with Crippen molar-refractivity contribution < 1.29 is 22.6 Å². The average molecular weight is 353 g/mol. The van der Waals surface area contributed by atoms with Gasteiger partial charge in [-0.25, -0.2) is 0 Å². The molecule has 1 heterocycles. The van der Waals surface area contributed by atoms with E-state index >= 15 is 0 Å². The highest BCUT2D eigenvalue weighted by Gasteiger charge is 2.30. The van der Waals surface area contributed by atoms with Gasteiger partial charge in [0.25, 0.3) is 0 Å². The number of hydrogen-bond acceptors (Lipinski definition) is 3. The van der Waals surface area contributed by atoms with Crippen molar-refractivity contribution in [2.45, 2.75) is 13.0 Å². The second-order valence-electron chi connectivity index (χ2n) is 3.51. The van der Waals surface area contributed by atoms with E-state index in [0.29, 0.717) is 12.4 Å². The third-order valence-corrected chi connectivity index (χ3v) is 3.66. The zero-order valence-electron chi connectivity index (χ0n) is 9.41. The standard InChI is InChI=1S/C12H8BrF3O2S/c13-11-6-5-10(19-11)7-17-8-1-3-9(4-2-8)18-12(14,15)16/h1-6H,7H2. The van der Waals surface area contributed by atoms with Crippen LogP contribution in [0.3, 0.4) is 0 Å². The Morgan fingerprint density at radius 3 is 2.16 bits per heavy atom. The second kappa shape index (κ2) is 5.83. The summed E-state index contributed by atoms with van der Waals surface area (Å²) in [6.07, 6.45) is -4.67. The molecule has 7 heteroatoms. The molecule has 0 atom stereocenters. The Kier molecular flexibility index (Phi) is 4.36. The normalized spacial score (nSPS) is 11.4. The largest absolute Gasteiger partial charge is 0.573 e. The topological polar surface area (TPSA) is 18.5 Å². The van der Waals surface area contributed by atoms with E-state index in [1.165, 1.54) is 35.6 Å². The van der Waals surface area contributed by atoms with Crippen molar-refractivity contribution in [2.24, 2.45) is 0 Å². The van der Waals surface area contributed by atoms with Gasteiger partial charge in [-0.1, -0.05) is 0 Å². The molecule has 2 nitrogen and oxygen atoms in total. The van der Waals surface area contributed by atoms with Crippen LogP contribution in [0.25, 0.3) is 0 Å². The van der Waals surface area contributed by atoms with Crippen molar-refractivity contribution in [3.8, 4) is 11.5 Å². The molecular weight excluding hydrogens is 345 g/mol. The molecule has 0 aliphatic carbocycles. The molecule has 0 bridgehead atoms. The molecule has 2 aromatic rings. The van der Waals surface area contributed by atoms with Gasteiger partial charge in [-0.15, -0.1) is 24.5 Å². The molecule has 0 saturated carbocycles. The van der Waals surface area contributed by atoms with Gasteiger partial charge in [0.2, 0.25) is 0 Å². The lowest BCUT2D eigenvalue weighted by molar-refractivity contribution is -0.274. The molecule has 19 heavy (non-hydrogen) atoms. The molecule has 0 N–H and O–H groups in total. The van der Waals surface area contributed by atoms with E-state index in [9.17, 15) is 13.2 Å². The van der Waals surface area contributed by atoms with Crippen molar-refractivity contribution in [3.05, 3.63) is 45.1 Å². The Hall–Kier alpha value is -1.21. The number of alkyl halides is 3. The fourth-order valence-electron chi connectivity index (χ4n) is 1.32. The fourth-order valence-corrected chi connectivity index (χ4v) is 2.72. The molecular formula is C12H8BrF3O2S. The predicted molar refractivity (Wildman–Crippen MR) is 69.5 cm³/mol. The summed E-state index contributed by atoms with van der Waals surface area (Å²) in [7, 11) is 0. The fraction of sp³-hybridized carbons (Fsp3) is 0.167. The van der Waals surface area contributed by atoms with Crippen LogP contribution in [0.1, 0.15) is 4.88 Å². The van der Waals surface area contributed by atoms with Gasteiger partial charge in [0.1, 0.15) is 18.1 Å². The van der Waals surface area contributed by atoms with E-state index in [2.05, 4.69) is 20.7 Å². The number of rotatable bonds is 4. The van der Waals surface area contributed by atoms with Crippen molar-refractivity contribution in [1.82, 2.24) is 0 Å². The Bertz CT molecular complexity index is 537. The SMILES string of the molecule is FC(F)(F)Oc1ccc(OCc2ccc(Br)s2)cc1. The van der Waals surface area contributed by atoms with E-state index in [1.54, 1.807) is 0 Å². The Morgan fingerprint density at radius 2 is 1.63 bits per heavy atom. The van der Waals surface area contributed by atoms with Crippen molar-refractivity contribution in [1.29, 1.82) is 0 Å². The van der Waals surface area contributed by atoms with Crippen LogP contribution < -0.4 is 9.47 Å². The lowest BCUT2D eigenvalue weighted by Gasteiger charge is -2.09. The van der Waals surface area contributed by atoms with Gasteiger partial charge in [0.05, 0.1) is 3.79 Å². The van der Waals surface area contributed by atoms with E-state index in [1.807, 2.05) is 12.1 Å². The summed E-state index contributed by atoms with van der Waals surface area (Å²) in [5.74, 6) is 0.220. The number of hydrogen-bond donors (Lipinski definition) is 0. The molecule has 0 spiro atoms. The second-order valence-corrected chi connectivity index (χ2v) is 6.06. The molecule has 1 aromatic heterocycles. The minimum absolute atomic E-state index is 0.265. The first-order valence-corrected chi connectivity index (χ1v) is 6.76. The van der Waals surface area contributed by atoms with Crippen LogP contribution in [0.2, 0.25) is 0 Å². The first-order valence-electron chi connectivity index (χ1n) is 5.15. The predicted octanol–water partition coefficient (Wildman–Crippen LogP) is 4.99. The van der Waals surface area contributed by atoms with Crippen LogP contribution in [0, 0.1) is 0 Å². The minimum atomic E-state index is -4.67. The van der Waals surface area contributed by atoms with Gasteiger partial charge < -0.3 is 9.47 Å². The maximum absolute atomic E-state index is 12.0. The first-order chi connectivity index (χ1) is 8.92. The van der Waals surface area contributed by atoms with E-state index in [-0.39, 0.29) is 5.75 Å². The van der Waals surface area contributed by atoms with Crippen LogP contribution in [0.5, 0.6) is 11.5 Å². The van der Waals surface area contributed by atoms with Crippen LogP contribution in [-0.4, -0.2) is 6.36 Å². The molecule has 0 unspecified atom stereocenters. The molecule has 0 aliphatic heterocycles. The molecule has 0 saturated heterocycles. The highest BCUT2D eigenvalue weighted by atomic mass is 79.9. The van der Waals surface area contributed by atoms with E-state index in [0.717, 1.165) is 8.66 Å². The molecule has 0 radical (unpaired) electrons. The summed E-state index contributed by atoms with van der Waals surface area (Å²) in [5.41, 5.74) is 0. The van der Waals surface area contributed by atoms with Crippen molar-refractivity contribution >= 4 is 27.3 Å². The average Bonchev–Trinajstić information content (AvgIpc) is 2.72. The van der Waals surface area contributed by atoms with Crippen LogP contribution in [-0.2, 0) is 6.61 Å². The highest BCUT2D eigenvalue weighted by Crippen LogP contribution is 2.26. The Morgan fingerprint density at radius 1 is 1.00 bits per heavy atom. The zero-order chi connectivity index (χ0) is 13.9. The third kappa shape index (κ3) is 4.76. The van der Waals surface area contributed by atoms with Gasteiger partial charge >= 0.3 is 6.36 Å². The molecule has 102 valence electrons. The van der Waals surface area contributed by atoms with Gasteiger partial charge in [-0.2, -0.15) is 0 Å². The lowest BCUT2D eigenvalue weighted by atomic mass is 10.3. The Balaban J connectivity index is 1.91. The van der Waals surface area contributed by atoms with Gasteiger partial charge in [0.15, 0.2) is 0 Å². The highest BCUT2D eigenvalue weighted by molar-refractivity contribution is 9.11. The molecule has 0 aliphatic rings. The summed E-state index contributed by atoms with van der Waals surface area (Å²) in [5, 5.41) is 0. The Labute approximate surface area is 119 Å². The van der Waals surface area contributed by atoms with Crippen LogP contribution >= 0.6 is 27.3 Å². The minimum Gasteiger partial charge on any atom is -0.488 e. The quantitative estimate of drug-likeness (QED) is 0.771. The lowest BCUT2D eigenvalue weighted by Crippen LogP contribution is -2.16. The molecule has 0 fully saturated rings. The first kappa shape index (κ1) is 14.2. The maximum Gasteiger partial charge on any atom is 0.573 e. The van der Waals surface area contributed by atoms with Gasteiger partial charge in [0, 0.05) is 4.88 Å². The third-order valence-electron chi connectivity index (χ3n) is 2.07. The number of thiophene rings is 1. The van der Waals surface area contributed by atoms with Gasteiger partial charge in [-0.3, -0.25) is 0 Å². The number of halogens is 4.